The molecule has 0 aromatic heterocycles. The minimum Gasteiger partial charge on any atom is -0.0891 e. The van der Waals surface area contributed by atoms with Crippen molar-refractivity contribution in [1.82, 2.24) is 0 Å². The Morgan fingerprint density at radius 2 is 1.38 bits per heavy atom. The van der Waals surface area contributed by atoms with E-state index in [4.69, 9.17) is 0 Å². The molecule has 1 unspecified atom stereocenters. The van der Waals surface area contributed by atoms with Crippen LogP contribution in [0.5, 0.6) is 0 Å². The van der Waals surface area contributed by atoms with Gasteiger partial charge in [-0.05, 0) is 64.3 Å². The molecular formula is C28H33Br. The number of hydrogen-bond donors (Lipinski definition) is 0. The van der Waals surface area contributed by atoms with Crippen molar-refractivity contribution in [2.75, 3.05) is 0 Å². The first-order chi connectivity index (χ1) is 14.3. The number of rotatable bonds is 11. The van der Waals surface area contributed by atoms with Crippen LogP contribution in [0.25, 0.3) is 33.0 Å². The summed E-state index contributed by atoms with van der Waals surface area (Å²) in [7, 11) is 0. The molecule has 152 valence electrons. The van der Waals surface area contributed by atoms with Crippen molar-refractivity contribution >= 4 is 26.7 Å². The molecule has 0 spiro atoms. The van der Waals surface area contributed by atoms with Crippen LogP contribution >= 0.6 is 15.9 Å². The van der Waals surface area contributed by atoms with Gasteiger partial charge in [0.05, 0.1) is 0 Å². The van der Waals surface area contributed by atoms with Crippen LogP contribution in [-0.4, -0.2) is 4.83 Å². The molecule has 3 aromatic carbocycles. The lowest BCUT2D eigenvalue weighted by Gasteiger charge is -2.10. The maximum absolute atomic E-state index is 3.91. The summed E-state index contributed by atoms with van der Waals surface area (Å²) in [5.74, 6) is 0. The van der Waals surface area contributed by atoms with Crippen LogP contribution in [0.3, 0.4) is 0 Å². The van der Waals surface area contributed by atoms with Crippen molar-refractivity contribution in [2.24, 2.45) is 0 Å². The van der Waals surface area contributed by atoms with Crippen molar-refractivity contribution in [3.05, 3.63) is 60.2 Å². The molecule has 3 aromatic rings. The third kappa shape index (κ3) is 4.77. The molecule has 0 aliphatic heterocycles. The molecule has 0 N–H and O–H groups in total. The third-order valence-corrected chi connectivity index (χ3v) is 7.34. The number of benzene rings is 3. The van der Waals surface area contributed by atoms with Gasteiger partial charge in [-0.2, -0.15) is 0 Å². The Morgan fingerprint density at radius 1 is 0.690 bits per heavy atom. The highest BCUT2D eigenvalue weighted by Gasteiger charge is 2.20. The van der Waals surface area contributed by atoms with E-state index in [1.54, 1.807) is 0 Å². The van der Waals surface area contributed by atoms with Crippen LogP contribution in [0.2, 0.25) is 0 Å². The second-order valence-electron chi connectivity index (χ2n) is 8.64. The summed E-state index contributed by atoms with van der Waals surface area (Å²) in [5, 5.41) is 2.79. The summed E-state index contributed by atoms with van der Waals surface area (Å²) in [5.41, 5.74) is 7.14. The molecular weight excluding hydrogens is 416 g/mol. The predicted molar refractivity (Wildman–Crippen MR) is 132 cm³/mol. The van der Waals surface area contributed by atoms with Gasteiger partial charge in [-0.3, -0.25) is 0 Å². The van der Waals surface area contributed by atoms with E-state index in [2.05, 4.69) is 77.5 Å². The highest BCUT2D eigenvalue weighted by Crippen LogP contribution is 2.47. The largest absolute Gasteiger partial charge is 0.0891 e. The highest BCUT2D eigenvalue weighted by molar-refractivity contribution is 9.09. The molecule has 0 saturated carbocycles. The fraction of sp³-hybridized carbons (Fsp3) is 0.429. The summed E-state index contributed by atoms with van der Waals surface area (Å²) >= 11 is 3.91. The Hall–Kier alpha value is -1.60. The first kappa shape index (κ1) is 20.7. The van der Waals surface area contributed by atoms with Crippen LogP contribution in [0.4, 0.5) is 0 Å². The molecule has 0 nitrogen and oxygen atoms in total. The van der Waals surface area contributed by atoms with Gasteiger partial charge in [-0.25, -0.2) is 0 Å². The van der Waals surface area contributed by atoms with Crippen LogP contribution in [0.15, 0.2) is 54.6 Å². The lowest BCUT2D eigenvalue weighted by Crippen LogP contribution is -1.98. The third-order valence-electron chi connectivity index (χ3n) is 6.42. The number of fused-ring (bicyclic) bond motifs is 3. The second kappa shape index (κ2) is 9.94. The summed E-state index contributed by atoms with van der Waals surface area (Å²) in [6.07, 6.45) is 13.4. The van der Waals surface area contributed by atoms with Gasteiger partial charge in [0.25, 0.3) is 0 Å². The molecule has 0 radical (unpaired) electrons. The zero-order valence-electron chi connectivity index (χ0n) is 17.7. The Bertz CT molecular complexity index is 950. The molecule has 4 rings (SSSR count). The van der Waals surface area contributed by atoms with Crippen molar-refractivity contribution in [3.63, 3.8) is 0 Å². The topological polar surface area (TPSA) is 0 Å². The van der Waals surface area contributed by atoms with Gasteiger partial charge in [0.2, 0.25) is 0 Å². The van der Waals surface area contributed by atoms with Crippen molar-refractivity contribution in [1.29, 1.82) is 0 Å². The molecule has 29 heavy (non-hydrogen) atoms. The van der Waals surface area contributed by atoms with Gasteiger partial charge in [0.15, 0.2) is 0 Å². The molecule has 0 amide bonds. The van der Waals surface area contributed by atoms with Crippen LogP contribution in [0, 0.1) is 0 Å². The number of hydrogen-bond acceptors (Lipinski definition) is 0. The van der Waals surface area contributed by atoms with Crippen molar-refractivity contribution in [2.45, 2.75) is 76.0 Å². The van der Waals surface area contributed by atoms with Crippen molar-refractivity contribution < 1.29 is 0 Å². The molecule has 1 aliphatic carbocycles. The lowest BCUT2D eigenvalue weighted by atomic mass is 9.98. The molecule has 0 heterocycles. The zero-order chi connectivity index (χ0) is 20.1. The summed E-state index contributed by atoms with van der Waals surface area (Å²) < 4.78 is 0. The van der Waals surface area contributed by atoms with E-state index in [1.165, 1.54) is 103 Å². The van der Waals surface area contributed by atoms with E-state index in [0.29, 0.717) is 4.83 Å². The average molecular weight is 449 g/mol. The first-order valence-corrected chi connectivity index (χ1v) is 12.5. The molecule has 0 saturated heterocycles. The van der Waals surface area contributed by atoms with Gasteiger partial charge in [-0.15, -0.1) is 0 Å². The molecule has 1 aliphatic rings. The standard InChI is InChI=1S/C28H33Br/c1-2-3-4-5-6-14-23(29)15-8-7-11-21-18-19-24-25-16-9-12-22-13-10-17-26(28(22)25)27(24)20-21/h9-10,12-13,16-20,23H,2-8,11,14-15H2,1H3. The maximum Gasteiger partial charge on any atom is 0.0145 e. The molecule has 1 atom stereocenters. The first-order valence-electron chi connectivity index (χ1n) is 11.6. The summed E-state index contributed by atoms with van der Waals surface area (Å²) in [4.78, 5) is 0.705. The van der Waals surface area contributed by atoms with Gasteiger partial charge >= 0.3 is 0 Å². The number of aryl methyl sites for hydroxylation is 1. The van der Waals surface area contributed by atoms with Crippen molar-refractivity contribution in [3.8, 4) is 22.3 Å². The van der Waals surface area contributed by atoms with E-state index in [9.17, 15) is 0 Å². The maximum atomic E-state index is 3.91. The minimum absolute atomic E-state index is 0.705. The van der Waals surface area contributed by atoms with Gasteiger partial charge in [0.1, 0.15) is 0 Å². The highest BCUT2D eigenvalue weighted by atomic mass is 79.9. The Morgan fingerprint density at radius 3 is 2.14 bits per heavy atom. The van der Waals surface area contributed by atoms with Gasteiger partial charge in [0, 0.05) is 4.83 Å². The second-order valence-corrected chi connectivity index (χ2v) is 9.93. The smallest absolute Gasteiger partial charge is 0.0145 e. The Balaban J connectivity index is 1.30. The number of unbranched alkanes of at least 4 members (excludes halogenated alkanes) is 5. The normalized spacial score (nSPS) is 13.0. The predicted octanol–water partition coefficient (Wildman–Crippen LogP) is 9.32. The van der Waals surface area contributed by atoms with Gasteiger partial charge in [-0.1, -0.05) is 116 Å². The van der Waals surface area contributed by atoms with E-state index >= 15 is 0 Å². The summed E-state index contributed by atoms with van der Waals surface area (Å²) in [6.45, 7) is 2.29. The molecule has 1 heteroatoms. The van der Waals surface area contributed by atoms with Gasteiger partial charge < -0.3 is 0 Å². The van der Waals surface area contributed by atoms with Crippen LogP contribution < -0.4 is 0 Å². The minimum atomic E-state index is 0.705. The molecule has 0 fully saturated rings. The van der Waals surface area contributed by atoms with E-state index in [-0.39, 0.29) is 0 Å². The average Bonchev–Trinajstić information content (AvgIpc) is 3.07. The fourth-order valence-corrected chi connectivity index (χ4v) is 5.45. The number of halogens is 1. The quantitative estimate of drug-likeness (QED) is 0.158. The monoisotopic (exact) mass is 448 g/mol. The number of alkyl halides is 1. The lowest BCUT2D eigenvalue weighted by molar-refractivity contribution is 0.570. The Labute approximate surface area is 184 Å². The van der Waals surface area contributed by atoms with E-state index < -0.39 is 0 Å². The SMILES string of the molecule is CCCCCCCC(Br)CCCCc1ccc2c(c1)-c1cccc3cccc-2c13. The van der Waals surface area contributed by atoms with Crippen LogP contribution in [0.1, 0.15) is 70.3 Å². The zero-order valence-corrected chi connectivity index (χ0v) is 19.3. The Kier molecular flexibility index (Phi) is 7.08. The van der Waals surface area contributed by atoms with E-state index in [0.717, 1.165) is 0 Å². The van der Waals surface area contributed by atoms with E-state index in [1.807, 2.05) is 0 Å². The summed E-state index contributed by atoms with van der Waals surface area (Å²) in [6, 6.07) is 20.6. The molecule has 0 bridgehead atoms. The fourth-order valence-electron chi connectivity index (χ4n) is 4.80. The van der Waals surface area contributed by atoms with Crippen LogP contribution in [-0.2, 0) is 6.42 Å².